The first-order valence-corrected chi connectivity index (χ1v) is 6.42. The van der Waals surface area contributed by atoms with E-state index in [4.69, 9.17) is 5.11 Å². The summed E-state index contributed by atoms with van der Waals surface area (Å²) in [4.78, 5) is 12.0. The van der Waals surface area contributed by atoms with E-state index in [9.17, 15) is 9.18 Å². The van der Waals surface area contributed by atoms with Gasteiger partial charge in [-0.05, 0) is 35.7 Å². The minimum absolute atomic E-state index is 0.124. The molecule has 2 aromatic carbocycles. The third-order valence-corrected chi connectivity index (χ3v) is 2.95. The molecule has 20 heavy (non-hydrogen) atoms. The predicted molar refractivity (Wildman–Crippen MR) is 75.1 cm³/mol. The Morgan fingerprint density at radius 1 is 1.15 bits per heavy atom. The highest BCUT2D eigenvalue weighted by Crippen LogP contribution is 2.16. The summed E-state index contributed by atoms with van der Waals surface area (Å²) in [5, 5.41) is 11.3. The zero-order valence-electron chi connectivity index (χ0n) is 11.0. The van der Waals surface area contributed by atoms with Crippen molar-refractivity contribution < 1.29 is 14.3 Å². The predicted octanol–water partition coefficient (Wildman–Crippen LogP) is 2.14. The first-order chi connectivity index (χ1) is 9.70. The number of hydrogen-bond acceptors (Lipinski definition) is 2. The van der Waals surface area contributed by atoms with Gasteiger partial charge in [0.2, 0.25) is 0 Å². The fourth-order valence-corrected chi connectivity index (χ4v) is 2.01. The minimum Gasteiger partial charge on any atom is -0.395 e. The number of nitrogens with one attached hydrogen (secondary N) is 1. The van der Waals surface area contributed by atoms with Crippen LogP contribution in [0.1, 0.15) is 21.5 Å². The molecule has 0 saturated heterocycles. The number of aliphatic hydroxyl groups is 1. The maximum Gasteiger partial charge on any atom is 0.251 e. The number of carbonyl (C=O) groups excluding carboxylic acids is 1. The molecular formula is C16H16FNO2. The molecule has 0 heterocycles. The lowest BCUT2D eigenvalue weighted by Gasteiger charge is -2.10. The van der Waals surface area contributed by atoms with Crippen molar-refractivity contribution in [3.05, 3.63) is 71.0 Å². The number of benzene rings is 2. The summed E-state index contributed by atoms with van der Waals surface area (Å²) < 4.78 is 13.4. The van der Waals surface area contributed by atoms with E-state index in [0.717, 1.165) is 5.56 Å². The minimum atomic E-state index is -0.366. The molecule has 0 atom stereocenters. The molecule has 2 aromatic rings. The summed E-state index contributed by atoms with van der Waals surface area (Å²) in [5.41, 5.74) is 2.07. The number of aliphatic hydroxyl groups excluding tert-OH is 1. The van der Waals surface area contributed by atoms with Crippen LogP contribution in [0.5, 0.6) is 0 Å². The van der Waals surface area contributed by atoms with Gasteiger partial charge in [-0.2, -0.15) is 0 Å². The Hall–Kier alpha value is -2.20. The Labute approximate surface area is 117 Å². The second-order valence-electron chi connectivity index (χ2n) is 4.44. The second kappa shape index (κ2) is 6.82. The van der Waals surface area contributed by atoms with Crippen molar-refractivity contribution in [1.29, 1.82) is 0 Å². The first kappa shape index (κ1) is 14.2. The average Bonchev–Trinajstić information content (AvgIpc) is 2.46. The molecule has 4 heteroatoms. The van der Waals surface area contributed by atoms with Crippen molar-refractivity contribution in [1.82, 2.24) is 5.32 Å². The molecule has 2 rings (SSSR count). The second-order valence-corrected chi connectivity index (χ2v) is 4.44. The number of carbonyl (C=O) groups is 1. The van der Waals surface area contributed by atoms with Crippen molar-refractivity contribution in [3.63, 3.8) is 0 Å². The SMILES string of the molecule is O=C(NCCO)c1ccc(F)cc1Cc1ccccc1. The van der Waals surface area contributed by atoms with Crippen LogP contribution >= 0.6 is 0 Å². The molecule has 0 aliphatic heterocycles. The molecule has 0 aromatic heterocycles. The number of halogens is 1. The van der Waals surface area contributed by atoms with Crippen LogP contribution in [0.15, 0.2) is 48.5 Å². The van der Waals surface area contributed by atoms with Gasteiger partial charge in [-0.1, -0.05) is 30.3 Å². The van der Waals surface area contributed by atoms with Crippen molar-refractivity contribution in [2.45, 2.75) is 6.42 Å². The molecule has 1 amide bonds. The van der Waals surface area contributed by atoms with Gasteiger partial charge >= 0.3 is 0 Å². The van der Waals surface area contributed by atoms with Crippen molar-refractivity contribution in [2.75, 3.05) is 13.2 Å². The molecule has 0 spiro atoms. The lowest BCUT2D eigenvalue weighted by molar-refractivity contribution is 0.0944. The standard InChI is InChI=1S/C16H16FNO2/c17-14-6-7-15(16(20)18-8-9-19)13(11-14)10-12-4-2-1-3-5-12/h1-7,11,19H,8-10H2,(H,18,20). The monoisotopic (exact) mass is 273 g/mol. The molecule has 0 aliphatic carbocycles. The molecule has 0 bridgehead atoms. The van der Waals surface area contributed by atoms with Crippen LogP contribution < -0.4 is 5.32 Å². The Morgan fingerprint density at radius 3 is 2.60 bits per heavy atom. The molecule has 0 fully saturated rings. The Morgan fingerprint density at radius 2 is 1.90 bits per heavy atom. The normalized spacial score (nSPS) is 10.3. The van der Waals surface area contributed by atoms with Crippen LogP contribution in [0, 0.1) is 5.82 Å². The van der Waals surface area contributed by atoms with Gasteiger partial charge in [-0.3, -0.25) is 4.79 Å². The van der Waals surface area contributed by atoms with Crippen molar-refractivity contribution in [2.24, 2.45) is 0 Å². The van der Waals surface area contributed by atoms with E-state index in [1.165, 1.54) is 18.2 Å². The highest BCUT2D eigenvalue weighted by molar-refractivity contribution is 5.95. The van der Waals surface area contributed by atoms with Gasteiger partial charge in [0.05, 0.1) is 6.61 Å². The zero-order chi connectivity index (χ0) is 14.4. The van der Waals surface area contributed by atoms with E-state index in [2.05, 4.69) is 5.32 Å². The van der Waals surface area contributed by atoms with Gasteiger partial charge in [0.15, 0.2) is 0 Å². The van der Waals surface area contributed by atoms with Gasteiger partial charge < -0.3 is 10.4 Å². The fraction of sp³-hybridized carbons (Fsp3) is 0.188. The summed E-state index contributed by atoms with van der Waals surface area (Å²) >= 11 is 0. The zero-order valence-corrected chi connectivity index (χ0v) is 11.0. The third kappa shape index (κ3) is 3.65. The van der Waals surface area contributed by atoms with E-state index in [1.54, 1.807) is 0 Å². The molecule has 3 nitrogen and oxygen atoms in total. The summed E-state index contributed by atoms with van der Waals surface area (Å²) in [5.74, 6) is -0.667. The number of rotatable bonds is 5. The average molecular weight is 273 g/mol. The largest absolute Gasteiger partial charge is 0.395 e. The molecule has 104 valence electrons. The highest BCUT2D eigenvalue weighted by atomic mass is 19.1. The highest BCUT2D eigenvalue weighted by Gasteiger charge is 2.12. The van der Waals surface area contributed by atoms with Crippen LogP contribution in [0.3, 0.4) is 0 Å². The summed E-state index contributed by atoms with van der Waals surface area (Å²) in [7, 11) is 0. The van der Waals surface area contributed by atoms with Crippen LogP contribution in [-0.2, 0) is 6.42 Å². The summed E-state index contributed by atoms with van der Waals surface area (Å²) in [6, 6.07) is 13.7. The Kier molecular flexibility index (Phi) is 4.85. The van der Waals surface area contributed by atoms with E-state index in [-0.39, 0.29) is 24.9 Å². The quantitative estimate of drug-likeness (QED) is 0.877. The first-order valence-electron chi connectivity index (χ1n) is 6.42. The van der Waals surface area contributed by atoms with E-state index < -0.39 is 0 Å². The lowest BCUT2D eigenvalue weighted by atomic mass is 9.99. The summed E-state index contributed by atoms with van der Waals surface area (Å²) in [6.07, 6.45) is 0.487. The topological polar surface area (TPSA) is 49.3 Å². The van der Waals surface area contributed by atoms with Crippen molar-refractivity contribution in [3.8, 4) is 0 Å². The Bertz CT molecular complexity index is 584. The molecular weight excluding hydrogens is 257 g/mol. The molecule has 0 aliphatic rings. The molecule has 0 radical (unpaired) electrons. The fourth-order valence-electron chi connectivity index (χ4n) is 2.01. The third-order valence-electron chi connectivity index (χ3n) is 2.95. The maximum atomic E-state index is 13.4. The van der Waals surface area contributed by atoms with Gasteiger partial charge in [0.1, 0.15) is 5.82 Å². The number of hydrogen-bond donors (Lipinski definition) is 2. The molecule has 0 unspecified atom stereocenters. The molecule has 0 saturated carbocycles. The number of amides is 1. The van der Waals surface area contributed by atoms with Crippen LogP contribution in [0.25, 0.3) is 0 Å². The van der Waals surface area contributed by atoms with Gasteiger partial charge in [0, 0.05) is 12.1 Å². The van der Waals surface area contributed by atoms with Crippen LogP contribution in [0.2, 0.25) is 0 Å². The maximum absolute atomic E-state index is 13.4. The Balaban J connectivity index is 2.26. The van der Waals surface area contributed by atoms with Gasteiger partial charge in [-0.15, -0.1) is 0 Å². The van der Waals surface area contributed by atoms with Gasteiger partial charge in [-0.25, -0.2) is 4.39 Å². The van der Waals surface area contributed by atoms with Gasteiger partial charge in [0.25, 0.3) is 5.91 Å². The van der Waals surface area contributed by atoms with Crippen LogP contribution in [0.4, 0.5) is 4.39 Å². The summed E-state index contributed by atoms with van der Waals surface area (Å²) in [6.45, 7) is 0.0575. The van der Waals surface area contributed by atoms with E-state index in [1.807, 2.05) is 30.3 Å². The lowest BCUT2D eigenvalue weighted by Crippen LogP contribution is -2.27. The van der Waals surface area contributed by atoms with Crippen molar-refractivity contribution >= 4 is 5.91 Å². The van der Waals surface area contributed by atoms with Crippen LogP contribution in [-0.4, -0.2) is 24.2 Å². The molecule has 2 N–H and O–H groups in total. The smallest absolute Gasteiger partial charge is 0.251 e. The van der Waals surface area contributed by atoms with E-state index in [0.29, 0.717) is 17.5 Å². The van der Waals surface area contributed by atoms with E-state index >= 15 is 0 Å².